The molecule has 3 N–H and O–H groups in total. The summed E-state index contributed by atoms with van der Waals surface area (Å²) < 4.78 is 13.9. The van der Waals surface area contributed by atoms with Gasteiger partial charge in [-0.05, 0) is 59.5 Å². The molecule has 1 aromatic rings. The van der Waals surface area contributed by atoms with E-state index in [1.54, 1.807) is 6.07 Å². The number of halogens is 2. The Hall–Kier alpha value is -0.460. The zero-order valence-electron chi connectivity index (χ0n) is 9.05. The molecule has 0 radical (unpaired) electrons. The van der Waals surface area contributed by atoms with Crippen LogP contribution >= 0.6 is 22.6 Å². The van der Waals surface area contributed by atoms with Crippen molar-refractivity contribution in [1.82, 2.24) is 5.43 Å². The van der Waals surface area contributed by atoms with Crippen LogP contribution in [0.1, 0.15) is 30.9 Å². The quantitative estimate of drug-likeness (QED) is 0.275. The van der Waals surface area contributed by atoms with Crippen molar-refractivity contribution in [3.8, 4) is 0 Å². The second kappa shape index (κ2) is 6.98. The maximum absolute atomic E-state index is 13.0. The topological polar surface area (TPSA) is 38.0 Å². The van der Waals surface area contributed by atoms with E-state index in [1.807, 2.05) is 6.08 Å². The Morgan fingerprint density at radius 1 is 1.56 bits per heavy atom. The van der Waals surface area contributed by atoms with E-state index in [2.05, 4.69) is 34.6 Å². The largest absolute Gasteiger partial charge is 0.271 e. The summed E-state index contributed by atoms with van der Waals surface area (Å²) in [5.74, 6) is 5.31. The van der Waals surface area contributed by atoms with Crippen LogP contribution in [0, 0.1) is 9.39 Å². The lowest BCUT2D eigenvalue weighted by molar-refractivity contribution is 0.497. The summed E-state index contributed by atoms with van der Waals surface area (Å²) >= 11 is 2.13. The Balaban J connectivity index is 2.74. The van der Waals surface area contributed by atoms with Gasteiger partial charge in [-0.2, -0.15) is 0 Å². The molecule has 0 aliphatic rings. The van der Waals surface area contributed by atoms with Gasteiger partial charge in [-0.25, -0.2) is 4.39 Å². The van der Waals surface area contributed by atoms with Gasteiger partial charge in [0.2, 0.25) is 0 Å². The first-order valence-electron chi connectivity index (χ1n) is 5.21. The van der Waals surface area contributed by atoms with E-state index < -0.39 is 0 Å². The molecule has 1 unspecified atom stereocenters. The molecule has 0 bridgehead atoms. The van der Waals surface area contributed by atoms with Crippen molar-refractivity contribution in [3.63, 3.8) is 0 Å². The third-order valence-electron chi connectivity index (χ3n) is 2.44. The Labute approximate surface area is 109 Å². The number of nitrogens with one attached hydrogen (secondary N) is 1. The average Bonchev–Trinajstić information content (AvgIpc) is 2.26. The zero-order valence-corrected chi connectivity index (χ0v) is 11.2. The third kappa shape index (κ3) is 3.84. The van der Waals surface area contributed by atoms with Gasteiger partial charge >= 0.3 is 0 Å². The minimum Gasteiger partial charge on any atom is -0.271 e. The van der Waals surface area contributed by atoms with E-state index in [-0.39, 0.29) is 11.9 Å². The smallest absolute Gasteiger partial charge is 0.124 e. The Morgan fingerprint density at radius 3 is 2.88 bits per heavy atom. The highest BCUT2D eigenvalue weighted by molar-refractivity contribution is 14.1. The number of rotatable bonds is 6. The molecule has 0 saturated heterocycles. The van der Waals surface area contributed by atoms with Crippen LogP contribution in [-0.4, -0.2) is 0 Å². The van der Waals surface area contributed by atoms with E-state index >= 15 is 0 Å². The van der Waals surface area contributed by atoms with Crippen molar-refractivity contribution in [2.45, 2.75) is 25.3 Å². The summed E-state index contributed by atoms with van der Waals surface area (Å²) in [5, 5.41) is 0. The van der Waals surface area contributed by atoms with Gasteiger partial charge < -0.3 is 0 Å². The van der Waals surface area contributed by atoms with Crippen LogP contribution in [0.3, 0.4) is 0 Å². The van der Waals surface area contributed by atoms with Crippen LogP contribution in [0.4, 0.5) is 4.39 Å². The molecule has 0 aromatic heterocycles. The summed E-state index contributed by atoms with van der Waals surface area (Å²) in [6.07, 6.45) is 4.80. The molecular weight excluding hydrogens is 318 g/mol. The van der Waals surface area contributed by atoms with Crippen molar-refractivity contribution >= 4 is 22.6 Å². The van der Waals surface area contributed by atoms with Gasteiger partial charge in [0.05, 0.1) is 0 Å². The lowest BCUT2D eigenvalue weighted by Crippen LogP contribution is -2.28. The molecule has 2 nitrogen and oxygen atoms in total. The van der Waals surface area contributed by atoms with Gasteiger partial charge in [-0.15, -0.1) is 6.58 Å². The molecule has 0 aliphatic heterocycles. The first-order valence-corrected chi connectivity index (χ1v) is 6.29. The summed E-state index contributed by atoms with van der Waals surface area (Å²) in [5.41, 5.74) is 3.83. The van der Waals surface area contributed by atoms with E-state index in [1.165, 1.54) is 12.1 Å². The van der Waals surface area contributed by atoms with Gasteiger partial charge in [0.15, 0.2) is 0 Å². The minimum atomic E-state index is -0.213. The zero-order chi connectivity index (χ0) is 12.0. The van der Waals surface area contributed by atoms with Crippen molar-refractivity contribution in [2.24, 2.45) is 5.84 Å². The maximum Gasteiger partial charge on any atom is 0.124 e. The molecule has 0 spiro atoms. The van der Waals surface area contributed by atoms with Crippen molar-refractivity contribution in [1.29, 1.82) is 0 Å². The Morgan fingerprint density at radius 2 is 2.31 bits per heavy atom. The molecular formula is C12H16FIN2. The molecule has 0 heterocycles. The van der Waals surface area contributed by atoms with Crippen molar-refractivity contribution < 1.29 is 4.39 Å². The standard InChI is InChI=1S/C12H16FIN2/c1-2-3-4-5-12(16-15)10-7-6-9(13)8-11(10)14/h2,6-8,12,16H,1,3-5,15H2. The van der Waals surface area contributed by atoms with E-state index in [0.717, 1.165) is 28.4 Å². The number of hydrogen-bond donors (Lipinski definition) is 2. The number of hydrazine groups is 1. The van der Waals surface area contributed by atoms with Crippen LogP contribution in [-0.2, 0) is 0 Å². The van der Waals surface area contributed by atoms with Crippen molar-refractivity contribution in [2.75, 3.05) is 0 Å². The van der Waals surface area contributed by atoms with Gasteiger partial charge in [0.25, 0.3) is 0 Å². The summed E-state index contributed by atoms with van der Waals surface area (Å²) in [6.45, 7) is 3.68. The van der Waals surface area contributed by atoms with E-state index in [4.69, 9.17) is 5.84 Å². The van der Waals surface area contributed by atoms with Gasteiger partial charge in [-0.3, -0.25) is 11.3 Å². The first-order chi connectivity index (χ1) is 7.69. The average molecular weight is 334 g/mol. The second-order valence-electron chi connectivity index (χ2n) is 3.60. The lowest BCUT2D eigenvalue weighted by atomic mass is 10.0. The number of allylic oxidation sites excluding steroid dienone is 1. The van der Waals surface area contributed by atoms with Crippen LogP contribution in [0.15, 0.2) is 30.9 Å². The van der Waals surface area contributed by atoms with Crippen LogP contribution in [0.5, 0.6) is 0 Å². The molecule has 0 amide bonds. The minimum absolute atomic E-state index is 0.0763. The summed E-state index contributed by atoms with van der Waals surface area (Å²) in [4.78, 5) is 0. The fourth-order valence-electron chi connectivity index (χ4n) is 1.58. The maximum atomic E-state index is 13.0. The third-order valence-corrected chi connectivity index (χ3v) is 3.37. The molecule has 1 rings (SSSR count). The number of unbranched alkanes of at least 4 members (excludes halogenated alkanes) is 1. The highest BCUT2D eigenvalue weighted by atomic mass is 127. The highest BCUT2D eigenvalue weighted by Crippen LogP contribution is 2.24. The number of benzene rings is 1. The molecule has 0 aliphatic carbocycles. The Bertz CT molecular complexity index is 355. The van der Waals surface area contributed by atoms with Crippen LogP contribution in [0.2, 0.25) is 0 Å². The SMILES string of the molecule is C=CCCCC(NN)c1ccc(F)cc1I. The number of nitrogens with two attached hydrogens (primary N) is 1. The molecule has 1 atom stereocenters. The van der Waals surface area contributed by atoms with Crippen LogP contribution < -0.4 is 11.3 Å². The highest BCUT2D eigenvalue weighted by Gasteiger charge is 2.12. The van der Waals surface area contributed by atoms with Crippen molar-refractivity contribution in [3.05, 3.63) is 45.8 Å². The van der Waals surface area contributed by atoms with Gasteiger partial charge in [-0.1, -0.05) is 12.1 Å². The Kier molecular flexibility index (Phi) is 5.94. The molecule has 0 saturated carbocycles. The molecule has 0 fully saturated rings. The normalized spacial score (nSPS) is 12.4. The van der Waals surface area contributed by atoms with Gasteiger partial charge in [0.1, 0.15) is 5.82 Å². The lowest BCUT2D eigenvalue weighted by Gasteiger charge is -2.17. The summed E-state index contributed by atoms with van der Waals surface area (Å²) in [7, 11) is 0. The predicted octanol–water partition coefficient (Wildman–Crippen LogP) is 3.29. The fraction of sp³-hybridized carbons (Fsp3) is 0.333. The predicted molar refractivity (Wildman–Crippen MR) is 73.2 cm³/mol. The van der Waals surface area contributed by atoms with E-state index in [0.29, 0.717) is 0 Å². The second-order valence-corrected chi connectivity index (χ2v) is 4.77. The first kappa shape index (κ1) is 13.6. The monoisotopic (exact) mass is 334 g/mol. The summed E-state index contributed by atoms with van der Waals surface area (Å²) in [6, 6.07) is 4.85. The van der Waals surface area contributed by atoms with E-state index in [9.17, 15) is 4.39 Å². The fourth-order valence-corrected chi connectivity index (χ4v) is 2.43. The molecule has 4 heteroatoms. The van der Waals surface area contributed by atoms with Crippen LogP contribution in [0.25, 0.3) is 0 Å². The molecule has 1 aromatic carbocycles. The molecule has 88 valence electrons. The van der Waals surface area contributed by atoms with Gasteiger partial charge in [0, 0.05) is 9.61 Å². The number of hydrogen-bond acceptors (Lipinski definition) is 2. The molecule has 16 heavy (non-hydrogen) atoms.